The summed E-state index contributed by atoms with van der Waals surface area (Å²) in [7, 11) is 2.16. The van der Waals surface area contributed by atoms with Gasteiger partial charge in [0.25, 0.3) is 0 Å². The molecule has 2 rings (SSSR count). The van der Waals surface area contributed by atoms with E-state index in [1.54, 1.807) is 6.26 Å². The summed E-state index contributed by atoms with van der Waals surface area (Å²) < 4.78 is 5.35. The molecule has 1 aromatic rings. The van der Waals surface area contributed by atoms with Crippen molar-refractivity contribution in [2.45, 2.75) is 44.3 Å². The maximum atomic E-state index is 5.99. The molecule has 1 heterocycles. The summed E-state index contributed by atoms with van der Waals surface area (Å²) in [6, 6.07) is 4.98. The molecule has 0 amide bonds. The fourth-order valence-electron chi connectivity index (χ4n) is 2.38. The lowest BCUT2D eigenvalue weighted by atomic mass is 9.91. The maximum Gasteiger partial charge on any atom is 0.117 e. The van der Waals surface area contributed by atoms with Crippen molar-refractivity contribution >= 4 is 0 Å². The Morgan fingerprint density at radius 1 is 1.53 bits per heavy atom. The standard InChI is InChI=1S/C12H20N2O/c1-14(9-12-6-3-7-15-12)11-5-2-4-10(13)8-11/h3,6-7,10-11H,2,4-5,8-9,13H2,1H3. The van der Waals surface area contributed by atoms with Gasteiger partial charge in [-0.3, -0.25) is 4.90 Å². The fourth-order valence-corrected chi connectivity index (χ4v) is 2.38. The highest BCUT2D eigenvalue weighted by Crippen LogP contribution is 2.22. The number of hydrogen-bond acceptors (Lipinski definition) is 3. The van der Waals surface area contributed by atoms with E-state index in [4.69, 9.17) is 10.2 Å². The Labute approximate surface area is 91.2 Å². The lowest BCUT2D eigenvalue weighted by molar-refractivity contribution is 0.163. The normalized spacial score (nSPS) is 27.1. The Balaban J connectivity index is 1.87. The topological polar surface area (TPSA) is 42.4 Å². The summed E-state index contributed by atoms with van der Waals surface area (Å²) >= 11 is 0. The number of hydrogen-bond donors (Lipinski definition) is 1. The second-order valence-electron chi connectivity index (χ2n) is 4.57. The molecule has 3 heteroatoms. The van der Waals surface area contributed by atoms with E-state index in [1.807, 2.05) is 12.1 Å². The Morgan fingerprint density at radius 2 is 2.40 bits per heavy atom. The number of nitrogens with two attached hydrogens (primary N) is 1. The van der Waals surface area contributed by atoms with Crippen LogP contribution in [0.25, 0.3) is 0 Å². The van der Waals surface area contributed by atoms with Crippen molar-refractivity contribution in [1.82, 2.24) is 4.90 Å². The van der Waals surface area contributed by atoms with Crippen LogP contribution in [-0.4, -0.2) is 24.0 Å². The first kappa shape index (κ1) is 10.7. The Morgan fingerprint density at radius 3 is 3.07 bits per heavy atom. The van der Waals surface area contributed by atoms with E-state index < -0.39 is 0 Å². The van der Waals surface area contributed by atoms with E-state index in [0.717, 1.165) is 18.7 Å². The Kier molecular flexibility index (Phi) is 3.44. The van der Waals surface area contributed by atoms with Gasteiger partial charge in [-0.2, -0.15) is 0 Å². The largest absolute Gasteiger partial charge is 0.468 e. The van der Waals surface area contributed by atoms with E-state index >= 15 is 0 Å². The molecule has 1 saturated carbocycles. The smallest absolute Gasteiger partial charge is 0.117 e. The maximum absolute atomic E-state index is 5.99. The van der Waals surface area contributed by atoms with E-state index in [2.05, 4.69) is 11.9 Å². The number of nitrogens with zero attached hydrogens (tertiary/aromatic N) is 1. The molecule has 1 fully saturated rings. The molecule has 2 N–H and O–H groups in total. The zero-order chi connectivity index (χ0) is 10.7. The van der Waals surface area contributed by atoms with Gasteiger partial charge in [0.05, 0.1) is 12.8 Å². The molecule has 0 spiro atoms. The van der Waals surface area contributed by atoms with Gasteiger partial charge in [-0.15, -0.1) is 0 Å². The first-order valence-electron chi connectivity index (χ1n) is 5.74. The average Bonchev–Trinajstić information content (AvgIpc) is 2.70. The van der Waals surface area contributed by atoms with Crippen molar-refractivity contribution < 1.29 is 4.42 Å². The molecule has 2 atom stereocenters. The summed E-state index contributed by atoms with van der Waals surface area (Å²) in [6.07, 6.45) is 6.57. The molecule has 84 valence electrons. The minimum absolute atomic E-state index is 0.391. The van der Waals surface area contributed by atoms with Crippen LogP contribution < -0.4 is 5.73 Å². The average molecular weight is 208 g/mol. The van der Waals surface area contributed by atoms with Gasteiger partial charge < -0.3 is 10.2 Å². The minimum atomic E-state index is 0.391. The third kappa shape index (κ3) is 2.83. The molecule has 15 heavy (non-hydrogen) atoms. The lowest BCUT2D eigenvalue weighted by Gasteiger charge is -2.33. The van der Waals surface area contributed by atoms with Crippen molar-refractivity contribution in [3.63, 3.8) is 0 Å². The molecule has 0 saturated heterocycles. The summed E-state index contributed by atoms with van der Waals surface area (Å²) in [5.74, 6) is 1.04. The van der Waals surface area contributed by atoms with Gasteiger partial charge in [-0.25, -0.2) is 0 Å². The number of rotatable bonds is 3. The first-order valence-corrected chi connectivity index (χ1v) is 5.74. The molecule has 0 aliphatic heterocycles. The van der Waals surface area contributed by atoms with Crippen molar-refractivity contribution in [2.24, 2.45) is 5.73 Å². The second-order valence-corrected chi connectivity index (χ2v) is 4.57. The first-order chi connectivity index (χ1) is 7.25. The predicted octanol–water partition coefficient (Wildman–Crippen LogP) is 1.98. The summed E-state index contributed by atoms with van der Waals surface area (Å²) in [5.41, 5.74) is 5.99. The third-order valence-electron chi connectivity index (χ3n) is 3.30. The van der Waals surface area contributed by atoms with Crippen LogP contribution in [0.2, 0.25) is 0 Å². The van der Waals surface area contributed by atoms with Crippen LogP contribution in [0.15, 0.2) is 22.8 Å². The predicted molar refractivity (Wildman–Crippen MR) is 60.4 cm³/mol. The van der Waals surface area contributed by atoms with Crippen LogP contribution in [0, 0.1) is 0 Å². The van der Waals surface area contributed by atoms with Crippen molar-refractivity contribution in [2.75, 3.05) is 7.05 Å². The van der Waals surface area contributed by atoms with Crippen LogP contribution in [-0.2, 0) is 6.54 Å². The van der Waals surface area contributed by atoms with Crippen LogP contribution >= 0.6 is 0 Å². The molecular formula is C12H20N2O. The molecular weight excluding hydrogens is 188 g/mol. The van der Waals surface area contributed by atoms with E-state index in [0.29, 0.717) is 12.1 Å². The highest BCUT2D eigenvalue weighted by Gasteiger charge is 2.22. The van der Waals surface area contributed by atoms with E-state index in [9.17, 15) is 0 Å². The molecule has 2 unspecified atom stereocenters. The van der Waals surface area contributed by atoms with Gasteiger partial charge >= 0.3 is 0 Å². The Bertz CT molecular complexity index is 284. The quantitative estimate of drug-likeness (QED) is 0.826. The molecule has 0 radical (unpaired) electrons. The molecule has 1 aromatic heterocycles. The highest BCUT2D eigenvalue weighted by atomic mass is 16.3. The van der Waals surface area contributed by atoms with Gasteiger partial charge in [0.15, 0.2) is 0 Å². The van der Waals surface area contributed by atoms with Crippen LogP contribution in [0.1, 0.15) is 31.4 Å². The lowest BCUT2D eigenvalue weighted by Crippen LogP contribution is -2.40. The van der Waals surface area contributed by atoms with Crippen LogP contribution in [0.5, 0.6) is 0 Å². The molecule has 3 nitrogen and oxygen atoms in total. The summed E-state index contributed by atoms with van der Waals surface area (Å²) in [5, 5.41) is 0. The summed E-state index contributed by atoms with van der Waals surface area (Å²) in [6.45, 7) is 0.893. The SMILES string of the molecule is CN(Cc1ccco1)C1CCCC(N)C1. The van der Waals surface area contributed by atoms with Crippen molar-refractivity contribution in [1.29, 1.82) is 0 Å². The van der Waals surface area contributed by atoms with Crippen molar-refractivity contribution in [3.05, 3.63) is 24.2 Å². The molecule has 0 aromatic carbocycles. The van der Waals surface area contributed by atoms with Gasteiger partial charge in [0, 0.05) is 12.1 Å². The van der Waals surface area contributed by atoms with Crippen LogP contribution in [0.3, 0.4) is 0 Å². The Hall–Kier alpha value is -0.800. The van der Waals surface area contributed by atoms with Crippen LogP contribution in [0.4, 0.5) is 0 Å². The highest BCUT2D eigenvalue weighted by molar-refractivity contribution is 4.98. The molecule has 1 aliphatic carbocycles. The van der Waals surface area contributed by atoms with Gasteiger partial charge in [0.1, 0.15) is 5.76 Å². The third-order valence-corrected chi connectivity index (χ3v) is 3.30. The zero-order valence-electron chi connectivity index (χ0n) is 9.36. The van der Waals surface area contributed by atoms with E-state index in [1.165, 1.54) is 19.3 Å². The zero-order valence-corrected chi connectivity index (χ0v) is 9.36. The van der Waals surface area contributed by atoms with E-state index in [-0.39, 0.29) is 0 Å². The van der Waals surface area contributed by atoms with Gasteiger partial charge in [-0.05, 0) is 38.4 Å². The van der Waals surface area contributed by atoms with Gasteiger partial charge in [-0.1, -0.05) is 6.42 Å². The minimum Gasteiger partial charge on any atom is -0.468 e. The molecule has 1 aliphatic rings. The molecule has 0 bridgehead atoms. The monoisotopic (exact) mass is 208 g/mol. The fraction of sp³-hybridized carbons (Fsp3) is 0.667. The van der Waals surface area contributed by atoms with Gasteiger partial charge in [0.2, 0.25) is 0 Å². The number of furan rings is 1. The second kappa shape index (κ2) is 4.81. The van der Waals surface area contributed by atoms with Crippen molar-refractivity contribution in [3.8, 4) is 0 Å². The summed E-state index contributed by atoms with van der Waals surface area (Å²) in [4.78, 5) is 2.36.